The molecule has 0 aromatic heterocycles. The van der Waals surface area contributed by atoms with Crippen LogP contribution in [0.3, 0.4) is 0 Å². The van der Waals surface area contributed by atoms with Gasteiger partial charge in [-0.25, -0.2) is 0 Å². The van der Waals surface area contributed by atoms with E-state index in [0.29, 0.717) is 12.4 Å². The summed E-state index contributed by atoms with van der Waals surface area (Å²) in [6, 6.07) is -0.562. The van der Waals surface area contributed by atoms with Crippen molar-refractivity contribution in [3.05, 3.63) is 0 Å². The number of carbonyl (C=O) groups is 1. The molecular formula is C8H15NO2S. The predicted molar refractivity (Wildman–Crippen MR) is 50.1 cm³/mol. The van der Waals surface area contributed by atoms with Crippen LogP contribution in [0.25, 0.3) is 0 Å². The first-order valence-corrected chi connectivity index (χ1v) is 4.90. The highest BCUT2D eigenvalue weighted by atomic mass is 32.1. The van der Waals surface area contributed by atoms with Crippen molar-refractivity contribution in [1.82, 2.24) is 0 Å². The third-order valence-electron chi connectivity index (χ3n) is 1.97. The molecule has 1 rings (SSSR count). The van der Waals surface area contributed by atoms with Crippen molar-refractivity contribution >= 4 is 18.6 Å². The lowest BCUT2D eigenvalue weighted by atomic mass is 10.3. The quantitative estimate of drug-likeness (QED) is 0.491. The smallest absolute Gasteiger partial charge is 0.323 e. The van der Waals surface area contributed by atoms with Crippen LogP contribution in [0.1, 0.15) is 19.3 Å². The molecule has 4 heteroatoms. The van der Waals surface area contributed by atoms with Crippen LogP contribution in [0.2, 0.25) is 0 Å². The molecule has 0 heterocycles. The molecule has 1 fully saturated rings. The van der Waals surface area contributed by atoms with E-state index >= 15 is 0 Å². The van der Waals surface area contributed by atoms with Crippen LogP contribution in [0.5, 0.6) is 0 Å². The first-order chi connectivity index (χ1) is 5.74. The fourth-order valence-electron chi connectivity index (χ4n) is 0.914. The van der Waals surface area contributed by atoms with Crippen LogP contribution in [-0.4, -0.2) is 24.4 Å². The summed E-state index contributed by atoms with van der Waals surface area (Å²) in [4.78, 5) is 11.0. The molecule has 12 heavy (non-hydrogen) atoms. The fraction of sp³-hybridized carbons (Fsp3) is 0.875. The Balaban J connectivity index is 2.00. The van der Waals surface area contributed by atoms with E-state index in [1.165, 1.54) is 12.8 Å². The van der Waals surface area contributed by atoms with Crippen molar-refractivity contribution in [3.63, 3.8) is 0 Å². The van der Waals surface area contributed by atoms with Crippen molar-refractivity contribution in [1.29, 1.82) is 0 Å². The van der Waals surface area contributed by atoms with E-state index < -0.39 is 6.04 Å². The summed E-state index contributed by atoms with van der Waals surface area (Å²) in [5.74, 6) is 0.818. The monoisotopic (exact) mass is 189 g/mol. The molecule has 0 saturated heterocycles. The number of thiol groups is 1. The average molecular weight is 189 g/mol. The molecule has 1 aliphatic carbocycles. The van der Waals surface area contributed by atoms with Crippen LogP contribution in [0.4, 0.5) is 0 Å². The van der Waals surface area contributed by atoms with Gasteiger partial charge in [-0.2, -0.15) is 12.6 Å². The van der Waals surface area contributed by atoms with Gasteiger partial charge in [-0.15, -0.1) is 0 Å². The second kappa shape index (κ2) is 4.72. The van der Waals surface area contributed by atoms with Crippen LogP contribution >= 0.6 is 12.6 Å². The highest BCUT2D eigenvalue weighted by Crippen LogP contribution is 2.32. The van der Waals surface area contributed by atoms with Crippen molar-refractivity contribution in [2.75, 3.05) is 12.4 Å². The van der Waals surface area contributed by atoms with Crippen molar-refractivity contribution < 1.29 is 9.53 Å². The second-order valence-corrected chi connectivity index (χ2v) is 3.55. The number of nitrogens with two attached hydrogens (primary N) is 1. The SMILES string of the molecule is N[C@H](CS)C(=O)OCCC1CC1. The standard InChI is InChI=1S/C8H15NO2S/c9-7(5-12)8(10)11-4-3-6-1-2-6/h6-7,12H,1-5,9H2/t7-/m1/s1. The van der Waals surface area contributed by atoms with E-state index in [9.17, 15) is 4.79 Å². The summed E-state index contributed by atoms with van der Waals surface area (Å²) in [5, 5.41) is 0. The molecule has 0 amide bonds. The maximum atomic E-state index is 11.0. The highest BCUT2D eigenvalue weighted by molar-refractivity contribution is 7.80. The second-order valence-electron chi connectivity index (χ2n) is 3.19. The summed E-state index contributed by atoms with van der Waals surface area (Å²) >= 11 is 3.90. The van der Waals surface area contributed by atoms with E-state index in [1.807, 2.05) is 0 Å². The lowest BCUT2D eigenvalue weighted by molar-refractivity contribution is -0.144. The van der Waals surface area contributed by atoms with E-state index in [0.717, 1.165) is 12.3 Å². The number of hydrogen-bond donors (Lipinski definition) is 2. The molecule has 3 nitrogen and oxygen atoms in total. The molecule has 0 bridgehead atoms. The first kappa shape index (κ1) is 9.86. The van der Waals surface area contributed by atoms with E-state index in [1.54, 1.807) is 0 Å². The number of esters is 1. The van der Waals surface area contributed by atoms with Gasteiger partial charge in [0.2, 0.25) is 0 Å². The van der Waals surface area contributed by atoms with Crippen LogP contribution in [0, 0.1) is 5.92 Å². The van der Waals surface area contributed by atoms with Gasteiger partial charge >= 0.3 is 5.97 Å². The molecule has 0 aromatic rings. The molecular weight excluding hydrogens is 174 g/mol. The molecule has 0 aromatic carbocycles. The Kier molecular flexibility index (Phi) is 3.88. The Bertz CT molecular complexity index is 159. The molecule has 1 saturated carbocycles. The Morgan fingerprint density at radius 3 is 2.83 bits per heavy atom. The van der Waals surface area contributed by atoms with Crippen molar-refractivity contribution in [2.45, 2.75) is 25.3 Å². The molecule has 1 atom stereocenters. The van der Waals surface area contributed by atoms with Gasteiger partial charge in [-0.1, -0.05) is 12.8 Å². The number of hydrogen-bond acceptors (Lipinski definition) is 4. The van der Waals surface area contributed by atoms with Gasteiger partial charge in [-0.05, 0) is 12.3 Å². The van der Waals surface area contributed by atoms with Gasteiger partial charge in [0.1, 0.15) is 6.04 Å². The zero-order valence-corrected chi connectivity index (χ0v) is 7.93. The first-order valence-electron chi connectivity index (χ1n) is 4.27. The number of ether oxygens (including phenoxy) is 1. The summed E-state index contributed by atoms with van der Waals surface area (Å²) in [7, 11) is 0. The maximum Gasteiger partial charge on any atom is 0.323 e. The summed E-state index contributed by atoms with van der Waals surface area (Å²) in [6.45, 7) is 0.519. The molecule has 0 radical (unpaired) electrons. The van der Waals surface area contributed by atoms with Gasteiger partial charge in [0.05, 0.1) is 6.61 Å². The minimum absolute atomic E-state index is 0.328. The van der Waals surface area contributed by atoms with Gasteiger partial charge in [0.15, 0.2) is 0 Å². The maximum absolute atomic E-state index is 11.0. The highest BCUT2D eigenvalue weighted by Gasteiger charge is 2.21. The molecule has 1 aliphatic rings. The number of carbonyl (C=O) groups excluding carboxylic acids is 1. The predicted octanol–water partition coefficient (Wildman–Crippen LogP) is 0.587. The lowest BCUT2D eigenvalue weighted by Crippen LogP contribution is -2.34. The zero-order chi connectivity index (χ0) is 8.97. The zero-order valence-electron chi connectivity index (χ0n) is 7.03. The normalized spacial score (nSPS) is 18.8. The molecule has 70 valence electrons. The molecule has 0 spiro atoms. The molecule has 0 aliphatic heterocycles. The Morgan fingerprint density at radius 1 is 1.67 bits per heavy atom. The minimum atomic E-state index is -0.562. The van der Waals surface area contributed by atoms with Gasteiger partial charge < -0.3 is 10.5 Å². The topological polar surface area (TPSA) is 52.3 Å². The van der Waals surface area contributed by atoms with Gasteiger partial charge in [-0.3, -0.25) is 4.79 Å². The van der Waals surface area contributed by atoms with E-state index in [2.05, 4.69) is 12.6 Å². The van der Waals surface area contributed by atoms with E-state index in [4.69, 9.17) is 10.5 Å². The molecule has 2 N–H and O–H groups in total. The largest absolute Gasteiger partial charge is 0.464 e. The number of rotatable bonds is 5. The summed E-state index contributed by atoms with van der Waals surface area (Å²) in [6.07, 6.45) is 3.57. The van der Waals surface area contributed by atoms with Crippen molar-refractivity contribution in [3.8, 4) is 0 Å². The fourth-order valence-corrected chi connectivity index (χ4v) is 1.06. The van der Waals surface area contributed by atoms with Crippen LogP contribution in [-0.2, 0) is 9.53 Å². The Hall–Kier alpha value is -0.220. The van der Waals surface area contributed by atoms with Crippen molar-refractivity contribution in [2.24, 2.45) is 11.7 Å². The minimum Gasteiger partial charge on any atom is -0.464 e. The Labute approximate surface area is 78.1 Å². The Morgan fingerprint density at radius 2 is 2.33 bits per heavy atom. The third-order valence-corrected chi connectivity index (χ3v) is 2.36. The van der Waals surface area contributed by atoms with Crippen LogP contribution in [0.15, 0.2) is 0 Å². The summed E-state index contributed by atoms with van der Waals surface area (Å²) < 4.78 is 4.93. The third kappa shape index (κ3) is 3.45. The summed E-state index contributed by atoms with van der Waals surface area (Å²) in [5.41, 5.74) is 5.40. The van der Waals surface area contributed by atoms with Gasteiger partial charge in [0.25, 0.3) is 0 Å². The lowest BCUT2D eigenvalue weighted by Gasteiger charge is -2.07. The van der Waals surface area contributed by atoms with E-state index in [-0.39, 0.29) is 5.97 Å². The van der Waals surface area contributed by atoms with Gasteiger partial charge in [0, 0.05) is 5.75 Å². The van der Waals surface area contributed by atoms with Crippen LogP contribution < -0.4 is 5.73 Å². The average Bonchev–Trinajstić information content (AvgIpc) is 2.86. The molecule has 0 unspecified atom stereocenters.